The quantitative estimate of drug-likeness (QED) is 0.114. The van der Waals surface area contributed by atoms with Crippen LogP contribution in [0.2, 0.25) is 0 Å². The number of hydrogen-bond acceptors (Lipinski definition) is 6. The largest absolute Gasteiger partial charge is 0.456 e. The van der Waals surface area contributed by atoms with Gasteiger partial charge in [-0.15, -0.1) is 0 Å². The highest BCUT2D eigenvalue weighted by molar-refractivity contribution is 6.24. The second-order valence-corrected chi connectivity index (χ2v) is 37.6. The summed E-state index contributed by atoms with van der Waals surface area (Å²) in [5.74, 6) is 0. The van der Waals surface area contributed by atoms with Crippen LogP contribution in [0.15, 0.2) is 541 Å². The Kier molecular flexibility index (Phi) is 19.9. The molecule has 0 amide bonds. The van der Waals surface area contributed by atoms with E-state index in [1.165, 1.54) is 152 Å². The summed E-state index contributed by atoms with van der Waals surface area (Å²) < 4.78 is 19.3. The molecule has 6 nitrogen and oxygen atoms in total. The van der Waals surface area contributed by atoms with E-state index in [0.29, 0.717) is 0 Å². The molecule has 144 heavy (non-hydrogen) atoms. The van der Waals surface area contributed by atoms with Gasteiger partial charge in [0.2, 0.25) is 0 Å². The molecule has 27 aromatic carbocycles. The van der Waals surface area contributed by atoms with Crippen LogP contribution in [0.3, 0.4) is 0 Å². The van der Waals surface area contributed by atoms with E-state index in [0.717, 1.165) is 128 Å². The minimum atomic E-state index is 0.873. The molecule has 0 atom stereocenters. The van der Waals surface area contributed by atoms with Crippen LogP contribution in [0.5, 0.6) is 0 Å². The van der Waals surface area contributed by atoms with Crippen LogP contribution in [0.1, 0.15) is 0 Å². The van der Waals surface area contributed by atoms with Crippen LogP contribution >= 0.6 is 0 Å². The van der Waals surface area contributed by atoms with Crippen molar-refractivity contribution in [2.45, 2.75) is 0 Å². The predicted octanol–water partition coefficient (Wildman–Crippen LogP) is 40.0. The number of benzene rings is 27. The van der Waals surface area contributed by atoms with Crippen molar-refractivity contribution in [1.82, 2.24) is 0 Å². The highest BCUT2D eigenvalue weighted by atomic mass is 16.3. The fraction of sp³-hybridized carbons (Fsp3) is 0. The normalized spacial score (nSPS) is 11.8. The lowest BCUT2D eigenvalue weighted by atomic mass is 9.96. The van der Waals surface area contributed by atoms with Crippen molar-refractivity contribution in [2.24, 2.45) is 0 Å². The zero-order chi connectivity index (χ0) is 94.8. The molecule has 3 heterocycles. The summed E-state index contributed by atoms with van der Waals surface area (Å²) >= 11 is 0. The Morgan fingerprint density at radius 1 is 0.118 bits per heavy atom. The van der Waals surface area contributed by atoms with Crippen LogP contribution in [0.25, 0.3) is 228 Å². The molecule has 0 N–H and O–H groups in total. The van der Waals surface area contributed by atoms with E-state index >= 15 is 0 Å². The van der Waals surface area contributed by atoms with Gasteiger partial charge in [0, 0.05) is 71.8 Å². The van der Waals surface area contributed by atoms with Crippen LogP contribution < -0.4 is 14.7 Å². The molecule has 0 saturated heterocycles. The molecule has 0 saturated carbocycles. The SMILES string of the molecule is c1ccc(-c2ccccc2N(c2ccc3ccc4c5ccccc5ccc4c3c2)c2ccc3oc4cc5ccccc5cc4c3c2)cc1.c1ccc(-c2ccccc2N(c2ccc3ccc4c5ccccc5ccc4c3c2)c2cccc3cc4oc5ccccc5c4cc23)cc1.c1ccc(-c2ccccc2N(c2ccc3ccc4c5ccccc5ccc4c3c2)c2cccc3oc4cc5ccccc5cc4c23)cc1. The van der Waals surface area contributed by atoms with Gasteiger partial charge in [-0.05, 0) is 274 Å². The van der Waals surface area contributed by atoms with Crippen molar-refractivity contribution >= 4 is 246 Å². The van der Waals surface area contributed by atoms with Gasteiger partial charge in [-0.25, -0.2) is 0 Å². The van der Waals surface area contributed by atoms with Gasteiger partial charge in [0.1, 0.15) is 33.5 Å². The van der Waals surface area contributed by atoms with Gasteiger partial charge in [0.05, 0.1) is 33.8 Å². The molecular weight excluding hydrogens is 1750 g/mol. The summed E-state index contributed by atoms with van der Waals surface area (Å²) in [4.78, 5) is 7.27. The lowest BCUT2D eigenvalue weighted by molar-refractivity contribution is 0.669. The van der Waals surface area contributed by atoms with Gasteiger partial charge in [-0.3, -0.25) is 0 Å². The molecule has 672 valence electrons. The summed E-state index contributed by atoms with van der Waals surface area (Å²) in [6, 6.07) is 190. The molecule has 0 aliphatic heterocycles. The van der Waals surface area contributed by atoms with E-state index in [-0.39, 0.29) is 0 Å². The van der Waals surface area contributed by atoms with E-state index in [4.69, 9.17) is 13.3 Å². The first-order valence-corrected chi connectivity index (χ1v) is 49.3. The second-order valence-electron chi connectivity index (χ2n) is 37.6. The van der Waals surface area contributed by atoms with Crippen molar-refractivity contribution in [3.05, 3.63) is 528 Å². The highest BCUT2D eigenvalue weighted by Gasteiger charge is 2.28. The van der Waals surface area contributed by atoms with E-state index in [1.54, 1.807) is 0 Å². The van der Waals surface area contributed by atoms with Crippen molar-refractivity contribution in [3.8, 4) is 33.4 Å². The van der Waals surface area contributed by atoms with Crippen LogP contribution in [-0.2, 0) is 0 Å². The molecule has 3 aromatic heterocycles. The Labute approximate surface area is 829 Å². The van der Waals surface area contributed by atoms with E-state index in [2.05, 4.69) is 530 Å². The lowest BCUT2D eigenvalue weighted by Crippen LogP contribution is -2.11. The van der Waals surface area contributed by atoms with Gasteiger partial charge in [-0.2, -0.15) is 0 Å². The molecule has 0 unspecified atom stereocenters. The van der Waals surface area contributed by atoms with E-state index in [9.17, 15) is 0 Å². The van der Waals surface area contributed by atoms with Gasteiger partial charge in [-0.1, -0.05) is 394 Å². The molecule has 0 radical (unpaired) electrons. The summed E-state index contributed by atoms with van der Waals surface area (Å²) in [5.41, 5.74) is 22.3. The molecular formula is C138H87N3O3. The zero-order valence-corrected chi connectivity index (χ0v) is 78.3. The van der Waals surface area contributed by atoms with Crippen molar-refractivity contribution in [3.63, 3.8) is 0 Å². The zero-order valence-electron chi connectivity index (χ0n) is 78.3. The summed E-state index contributed by atoms with van der Waals surface area (Å²) in [6.07, 6.45) is 0. The van der Waals surface area contributed by atoms with E-state index in [1.807, 2.05) is 12.1 Å². The third-order valence-electron chi connectivity index (χ3n) is 29.4. The average Bonchev–Trinajstić information content (AvgIpc) is 1.32. The number of nitrogens with zero attached hydrogens (tertiary/aromatic N) is 3. The predicted molar refractivity (Wildman–Crippen MR) is 612 cm³/mol. The van der Waals surface area contributed by atoms with Gasteiger partial charge < -0.3 is 28.0 Å². The highest BCUT2D eigenvalue weighted by Crippen LogP contribution is 2.53. The molecule has 0 bridgehead atoms. The minimum Gasteiger partial charge on any atom is -0.456 e. The fourth-order valence-corrected chi connectivity index (χ4v) is 22.6. The summed E-state index contributed by atoms with van der Waals surface area (Å²) in [5, 5.41) is 36.3. The lowest BCUT2D eigenvalue weighted by Gasteiger charge is -2.29. The topological polar surface area (TPSA) is 49.1 Å². The maximum Gasteiger partial charge on any atom is 0.137 e. The van der Waals surface area contributed by atoms with Gasteiger partial charge in [0.15, 0.2) is 0 Å². The third-order valence-corrected chi connectivity index (χ3v) is 29.4. The Morgan fingerprint density at radius 2 is 0.396 bits per heavy atom. The minimum absolute atomic E-state index is 0.873. The summed E-state index contributed by atoms with van der Waals surface area (Å²) in [7, 11) is 0. The molecule has 0 spiro atoms. The molecule has 0 aliphatic carbocycles. The molecule has 30 aromatic rings. The van der Waals surface area contributed by atoms with E-state index < -0.39 is 0 Å². The first kappa shape index (κ1) is 83.1. The number of hydrogen-bond donors (Lipinski definition) is 0. The van der Waals surface area contributed by atoms with Crippen molar-refractivity contribution in [2.75, 3.05) is 14.7 Å². The maximum atomic E-state index is 6.58. The van der Waals surface area contributed by atoms with Crippen LogP contribution in [0.4, 0.5) is 51.2 Å². The second kappa shape index (κ2) is 34.5. The monoisotopic (exact) mass is 1830 g/mol. The molecule has 0 aliphatic rings. The summed E-state index contributed by atoms with van der Waals surface area (Å²) in [6.45, 7) is 0. The smallest absolute Gasteiger partial charge is 0.137 e. The maximum absolute atomic E-state index is 6.58. The molecule has 30 rings (SSSR count). The van der Waals surface area contributed by atoms with Crippen molar-refractivity contribution < 1.29 is 13.3 Å². The Hall–Kier alpha value is -19.1. The third kappa shape index (κ3) is 14.2. The number of furan rings is 3. The number of anilines is 9. The number of para-hydroxylation sites is 4. The number of fused-ring (bicyclic) bond motifs is 27. The fourth-order valence-electron chi connectivity index (χ4n) is 22.6. The molecule has 0 fully saturated rings. The Balaban J connectivity index is 0.000000105. The Morgan fingerprint density at radius 3 is 0.868 bits per heavy atom. The average molecular weight is 1840 g/mol. The standard InChI is InChI=1S/3C46H29NO/c1-2-11-30(12-3-1)36-16-6-8-18-43(36)47(44-19-10-14-33-27-46-42(29-41(33)44)39-17-7-9-20-45(39)48-46)34-24-21-32-23-25-37-35-15-5-4-13-31(35)22-26-38(37)40(32)28-34;1-2-11-30(12-3-1)37-17-8-9-18-42(37)47(43-19-10-20-44-46(43)41-27-33-14-4-5-15-34(33)28-45(41)48-44)35-24-21-32-23-25-38-36-16-7-6-13-31(36)22-26-39(38)40(32)29-35;1-2-10-30(11-3-1)38-16-8-9-17-44(38)47(36-22-25-45-43(29-36)42-26-33-13-4-5-14-34(33)27-46(42)48-45)35-21-18-32-20-23-39-37-15-7-6-12-31(37)19-24-40(39)41(32)28-35/h3*1-29H. The van der Waals surface area contributed by atoms with Gasteiger partial charge >= 0.3 is 0 Å². The van der Waals surface area contributed by atoms with Gasteiger partial charge in [0.25, 0.3) is 0 Å². The van der Waals surface area contributed by atoms with Crippen LogP contribution in [-0.4, -0.2) is 0 Å². The van der Waals surface area contributed by atoms with Crippen LogP contribution in [0, 0.1) is 0 Å². The van der Waals surface area contributed by atoms with Crippen molar-refractivity contribution in [1.29, 1.82) is 0 Å². The molecule has 6 heteroatoms. The Bertz CT molecular complexity index is 10400. The first-order chi connectivity index (χ1) is 71.4. The number of rotatable bonds is 12. The first-order valence-electron chi connectivity index (χ1n) is 49.3.